The molecule has 6 nitrogen and oxygen atoms in total. The summed E-state index contributed by atoms with van der Waals surface area (Å²) in [5, 5.41) is 23.2. The summed E-state index contributed by atoms with van der Waals surface area (Å²) in [6.07, 6.45) is -0.727. The lowest BCUT2D eigenvalue weighted by molar-refractivity contribution is -0.157. The van der Waals surface area contributed by atoms with Crippen LogP contribution in [0.25, 0.3) is 0 Å². The third-order valence-electron chi connectivity index (χ3n) is 5.68. The van der Waals surface area contributed by atoms with E-state index >= 15 is 0 Å². The number of likely N-dealkylation sites (tertiary alicyclic amines) is 1. The van der Waals surface area contributed by atoms with Crippen LogP contribution in [0.3, 0.4) is 0 Å². The van der Waals surface area contributed by atoms with Gasteiger partial charge in [0.15, 0.2) is 0 Å². The standard InChI is InChI=1S/C20H29ClN2O4/c1-13(2)16(11-22-18(25)26)17(24)23-10-9-20(27,19(3,4)12-23)14-5-7-15(21)8-6-14/h5-8,13,16,22,27H,9-12H2,1-4H3,(H,25,26)/t16-,20+/m1/s1. The zero-order valence-corrected chi connectivity index (χ0v) is 17.1. The highest BCUT2D eigenvalue weighted by molar-refractivity contribution is 6.30. The lowest BCUT2D eigenvalue weighted by Crippen LogP contribution is -2.58. The number of benzene rings is 1. The average Bonchev–Trinajstić information content (AvgIpc) is 2.57. The second-order valence-corrected chi connectivity index (χ2v) is 8.73. The van der Waals surface area contributed by atoms with E-state index in [2.05, 4.69) is 5.32 Å². The van der Waals surface area contributed by atoms with Crippen molar-refractivity contribution in [1.29, 1.82) is 0 Å². The van der Waals surface area contributed by atoms with Crippen LogP contribution in [0.5, 0.6) is 0 Å². The van der Waals surface area contributed by atoms with E-state index in [0.29, 0.717) is 24.5 Å². The third-order valence-corrected chi connectivity index (χ3v) is 5.93. The van der Waals surface area contributed by atoms with Gasteiger partial charge in [-0.1, -0.05) is 51.4 Å². The summed E-state index contributed by atoms with van der Waals surface area (Å²) in [4.78, 5) is 25.6. The molecule has 2 atom stereocenters. The second kappa shape index (κ2) is 8.07. The van der Waals surface area contributed by atoms with Gasteiger partial charge >= 0.3 is 6.09 Å². The zero-order valence-electron chi connectivity index (χ0n) is 16.3. The van der Waals surface area contributed by atoms with Crippen molar-refractivity contribution in [2.45, 2.75) is 39.7 Å². The van der Waals surface area contributed by atoms with Crippen LogP contribution in [0, 0.1) is 17.3 Å². The minimum atomic E-state index is -1.13. The van der Waals surface area contributed by atoms with Gasteiger partial charge in [-0.15, -0.1) is 0 Å². The highest BCUT2D eigenvalue weighted by Gasteiger charge is 2.50. The highest BCUT2D eigenvalue weighted by atomic mass is 35.5. The number of rotatable bonds is 5. The van der Waals surface area contributed by atoms with Gasteiger partial charge in [0.1, 0.15) is 0 Å². The van der Waals surface area contributed by atoms with Gasteiger partial charge < -0.3 is 20.4 Å². The molecule has 2 rings (SSSR count). The van der Waals surface area contributed by atoms with Gasteiger partial charge in [0, 0.05) is 30.1 Å². The van der Waals surface area contributed by atoms with E-state index in [1.165, 1.54) is 0 Å². The summed E-state index contributed by atoms with van der Waals surface area (Å²) in [6.45, 7) is 8.60. The Bertz CT molecular complexity index is 690. The second-order valence-electron chi connectivity index (χ2n) is 8.30. The van der Waals surface area contributed by atoms with Gasteiger partial charge in [0.05, 0.1) is 11.5 Å². The van der Waals surface area contributed by atoms with E-state index in [1.54, 1.807) is 17.0 Å². The molecule has 1 aromatic rings. The minimum absolute atomic E-state index is 0.00420. The van der Waals surface area contributed by atoms with Crippen LogP contribution >= 0.6 is 11.6 Å². The van der Waals surface area contributed by atoms with Crippen molar-refractivity contribution in [3.63, 3.8) is 0 Å². The third kappa shape index (κ3) is 4.55. The number of hydrogen-bond acceptors (Lipinski definition) is 3. The van der Waals surface area contributed by atoms with Crippen LogP contribution < -0.4 is 5.32 Å². The van der Waals surface area contributed by atoms with Gasteiger partial charge in [0.2, 0.25) is 5.91 Å². The molecule has 1 aliphatic heterocycles. The molecule has 3 N–H and O–H groups in total. The summed E-state index contributed by atoms with van der Waals surface area (Å²) in [5.41, 5.74) is -0.853. The Labute approximate surface area is 165 Å². The van der Waals surface area contributed by atoms with Crippen molar-refractivity contribution in [1.82, 2.24) is 10.2 Å². The van der Waals surface area contributed by atoms with Crippen LogP contribution in [-0.2, 0) is 10.4 Å². The fourth-order valence-electron chi connectivity index (χ4n) is 3.81. The number of nitrogens with one attached hydrogen (secondary N) is 1. The maximum absolute atomic E-state index is 13.0. The molecular formula is C20H29ClN2O4. The van der Waals surface area contributed by atoms with Gasteiger partial charge in [-0.05, 0) is 30.0 Å². The number of hydrogen-bond donors (Lipinski definition) is 3. The number of nitrogens with zero attached hydrogens (tertiary/aromatic N) is 1. The monoisotopic (exact) mass is 396 g/mol. The van der Waals surface area contributed by atoms with E-state index in [1.807, 2.05) is 39.8 Å². The quantitative estimate of drug-likeness (QED) is 0.712. The highest BCUT2D eigenvalue weighted by Crippen LogP contribution is 2.46. The number of carbonyl (C=O) groups excluding carboxylic acids is 1. The summed E-state index contributed by atoms with van der Waals surface area (Å²) >= 11 is 5.97. The molecule has 0 spiro atoms. The smallest absolute Gasteiger partial charge is 0.404 e. The predicted octanol–water partition coefficient (Wildman–Crippen LogP) is 3.33. The first-order chi connectivity index (χ1) is 12.5. The van der Waals surface area contributed by atoms with Crippen LogP contribution in [0.1, 0.15) is 39.7 Å². The molecule has 1 heterocycles. The summed E-state index contributed by atoms with van der Waals surface area (Å²) in [7, 11) is 0. The van der Waals surface area contributed by atoms with Crippen molar-refractivity contribution in [3.8, 4) is 0 Å². The van der Waals surface area contributed by atoms with Crippen LogP contribution in [0.4, 0.5) is 4.79 Å². The van der Waals surface area contributed by atoms with Crippen molar-refractivity contribution >= 4 is 23.6 Å². The molecule has 1 aromatic carbocycles. The van der Waals surface area contributed by atoms with Gasteiger partial charge in [-0.3, -0.25) is 4.79 Å². The largest absolute Gasteiger partial charge is 0.465 e. The molecule has 1 fully saturated rings. The normalized spacial score (nSPS) is 23.1. The molecule has 0 aliphatic carbocycles. The summed E-state index contributed by atoms with van der Waals surface area (Å²) in [6, 6.07) is 7.17. The molecule has 1 aliphatic rings. The van der Waals surface area contributed by atoms with Crippen molar-refractivity contribution in [3.05, 3.63) is 34.9 Å². The molecule has 0 radical (unpaired) electrons. The molecule has 0 bridgehead atoms. The summed E-state index contributed by atoms with van der Waals surface area (Å²) in [5.74, 6) is -0.506. The van der Waals surface area contributed by atoms with Crippen LogP contribution in [0.2, 0.25) is 5.02 Å². The average molecular weight is 397 g/mol. The Kier molecular flexibility index (Phi) is 6.43. The fourth-order valence-corrected chi connectivity index (χ4v) is 3.94. The SMILES string of the molecule is CC(C)[C@@H](CNC(=O)O)C(=O)N1CC[C@](O)(c2ccc(Cl)cc2)C(C)(C)C1. The fraction of sp³-hybridized carbons (Fsp3) is 0.600. The zero-order chi connectivity index (χ0) is 20.4. The lowest BCUT2D eigenvalue weighted by Gasteiger charge is -2.51. The van der Waals surface area contributed by atoms with Crippen molar-refractivity contribution in [2.75, 3.05) is 19.6 Å². The maximum Gasteiger partial charge on any atom is 0.404 e. The molecule has 7 heteroatoms. The Morgan fingerprint density at radius 3 is 2.33 bits per heavy atom. The van der Waals surface area contributed by atoms with Crippen LogP contribution in [-0.4, -0.2) is 46.7 Å². The predicted molar refractivity (Wildman–Crippen MR) is 105 cm³/mol. The lowest BCUT2D eigenvalue weighted by atomic mass is 9.66. The number of piperidine rings is 1. The topological polar surface area (TPSA) is 89.9 Å². The Morgan fingerprint density at radius 1 is 1.26 bits per heavy atom. The van der Waals surface area contributed by atoms with Crippen molar-refractivity contribution in [2.24, 2.45) is 17.3 Å². The van der Waals surface area contributed by atoms with E-state index in [0.717, 1.165) is 5.56 Å². The Morgan fingerprint density at radius 2 is 1.85 bits per heavy atom. The van der Waals surface area contributed by atoms with Crippen LogP contribution in [0.15, 0.2) is 24.3 Å². The summed E-state index contributed by atoms with van der Waals surface area (Å²) < 4.78 is 0. The molecule has 27 heavy (non-hydrogen) atoms. The van der Waals surface area contributed by atoms with E-state index in [-0.39, 0.29) is 18.4 Å². The molecular weight excluding hydrogens is 368 g/mol. The van der Waals surface area contributed by atoms with E-state index in [4.69, 9.17) is 16.7 Å². The molecule has 0 saturated carbocycles. The first-order valence-electron chi connectivity index (χ1n) is 9.22. The molecule has 150 valence electrons. The van der Waals surface area contributed by atoms with E-state index in [9.17, 15) is 14.7 Å². The number of carbonyl (C=O) groups is 2. The number of halogens is 1. The van der Waals surface area contributed by atoms with Gasteiger partial charge in [-0.2, -0.15) is 0 Å². The first kappa shape index (κ1) is 21.5. The molecule has 0 aromatic heterocycles. The number of carboxylic acid groups (broad SMARTS) is 1. The molecule has 2 amide bonds. The van der Waals surface area contributed by atoms with Crippen molar-refractivity contribution < 1.29 is 19.8 Å². The molecule has 0 unspecified atom stereocenters. The number of amides is 2. The first-order valence-corrected chi connectivity index (χ1v) is 9.60. The van der Waals surface area contributed by atoms with Gasteiger partial charge in [-0.25, -0.2) is 4.79 Å². The number of aliphatic hydroxyl groups is 1. The Hall–Kier alpha value is -1.79. The van der Waals surface area contributed by atoms with E-state index < -0.39 is 23.0 Å². The molecule has 1 saturated heterocycles. The maximum atomic E-state index is 13.0. The Balaban J connectivity index is 2.18. The van der Waals surface area contributed by atoms with Gasteiger partial charge in [0.25, 0.3) is 0 Å². The minimum Gasteiger partial charge on any atom is -0.465 e.